The zero-order chi connectivity index (χ0) is 12.4. The number of benzene rings is 1. The predicted molar refractivity (Wildman–Crippen MR) is 54.4 cm³/mol. The second-order valence-corrected chi connectivity index (χ2v) is 3.20. The van der Waals surface area contributed by atoms with Crippen LogP contribution >= 0.6 is 0 Å². The summed E-state index contributed by atoms with van der Waals surface area (Å²) in [5.41, 5.74) is 0.589. The number of rotatable bonds is 4. The molecule has 0 fully saturated rings. The van der Waals surface area contributed by atoms with E-state index in [2.05, 4.69) is 9.72 Å². The molecule has 17 heavy (non-hydrogen) atoms. The first-order chi connectivity index (χ1) is 8.17. The fourth-order valence-electron chi connectivity index (χ4n) is 1.51. The molecule has 0 aliphatic rings. The summed E-state index contributed by atoms with van der Waals surface area (Å²) in [5.74, 6) is -1.13. The third kappa shape index (κ3) is 1.91. The van der Waals surface area contributed by atoms with Crippen LogP contribution in [0, 0.1) is 0 Å². The summed E-state index contributed by atoms with van der Waals surface area (Å²) in [4.78, 5) is 14.6. The van der Waals surface area contributed by atoms with E-state index in [4.69, 9.17) is 5.11 Å². The Balaban J connectivity index is 2.62. The summed E-state index contributed by atoms with van der Waals surface area (Å²) in [7, 11) is 0. The number of ether oxygens (including phenoxy) is 1. The average molecular weight is 242 g/mol. The molecule has 5 nitrogen and oxygen atoms in total. The second-order valence-electron chi connectivity index (χ2n) is 3.20. The van der Waals surface area contributed by atoms with Crippen molar-refractivity contribution in [3.8, 4) is 6.01 Å². The summed E-state index contributed by atoms with van der Waals surface area (Å²) >= 11 is 0. The number of carboxylic acids is 1. The van der Waals surface area contributed by atoms with E-state index in [1.54, 1.807) is 0 Å². The maximum Gasteiger partial charge on any atom is 0.335 e. The van der Waals surface area contributed by atoms with Gasteiger partial charge in [-0.2, -0.15) is 4.98 Å². The van der Waals surface area contributed by atoms with Crippen LogP contribution in [0.3, 0.4) is 0 Å². The van der Waals surface area contributed by atoms with Crippen molar-refractivity contribution in [2.45, 2.75) is 6.80 Å². The van der Waals surface area contributed by atoms with E-state index >= 15 is 0 Å². The van der Waals surface area contributed by atoms with Gasteiger partial charge in [-0.1, -0.05) is 0 Å². The molecule has 0 spiro atoms. The fourth-order valence-corrected chi connectivity index (χ4v) is 1.51. The molecule has 0 saturated heterocycles. The molecule has 0 aliphatic carbocycles. The molecule has 2 rings (SSSR count). The number of halogens is 2. The summed E-state index contributed by atoms with van der Waals surface area (Å²) in [6.45, 7) is -2.11. The first-order valence-electron chi connectivity index (χ1n) is 4.65. The van der Waals surface area contributed by atoms with Gasteiger partial charge in [-0.05, 0) is 18.2 Å². The lowest BCUT2D eigenvalue weighted by Gasteiger charge is -2.02. The number of aromatic carboxylic acids is 1. The van der Waals surface area contributed by atoms with Crippen molar-refractivity contribution in [1.29, 1.82) is 0 Å². The molecule has 0 amide bonds. The van der Waals surface area contributed by atoms with Crippen LogP contribution < -0.4 is 4.74 Å². The van der Waals surface area contributed by atoms with E-state index in [0.717, 1.165) is 4.57 Å². The number of hydrogen-bond acceptors (Lipinski definition) is 3. The fraction of sp³-hybridized carbons (Fsp3) is 0.200. The molecular formula is C10H8F2N2O3. The Hall–Kier alpha value is -2.18. The Bertz CT molecular complexity index is 568. The minimum Gasteiger partial charge on any atom is -0.478 e. The number of fused-ring (bicyclic) bond motifs is 1. The van der Waals surface area contributed by atoms with Crippen molar-refractivity contribution in [3.63, 3.8) is 0 Å². The second kappa shape index (κ2) is 4.36. The van der Waals surface area contributed by atoms with Gasteiger partial charge in [0.05, 0.1) is 16.6 Å². The first kappa shape index (κ1) is 11.3. The van der Waals surface area contributed by atoms with Crippen molar-refractivity contribution in [3.05, 3.63) is 23.8 Å². The number of nitrogens with zero attached hydrogens (tertiary/aromatic N) is 2. The molecule has 1 N–H and O–H groups in total. The number of aromatic nitrogens is 2. The zero-order valence-corrected chi connectivity index (χ0v) is 8.56. The van der Waals surface area contributed by atoms with E-state index in [-0.39, 0.29) is 17.1 Å². The van der Waals surface area contributed by atoms with Gasteiger partial charge in [0.25, 0.3) is 0 Å². The molecule has 0 radical (unpaired) electrons. The largest absolute Gasteiger partial charge is 0.478 e. The normalized spacial score (nSPS) is 10.7. The Kier molecular flexibility index (Phi) is 2.90. The lowest BCUT2D eigenvalue weighted by atomic mass is 10.2. The average Bonchev–Trinajstić information content (AvgIpc) is 2.65. The molecule has 0 bridgehead atoms. The molecule has 2 aromatic rings. The van der Waals surface area contributed by atoms with Crippen molar-refractivity contribution >= 4 is 17.0 Å². The predicted octanol–water partition coefficient (Wildman–Crippen LogP) is 1.97. The highest BCUT2D eigenvalue weighted by molar-refractivity contribution is 5.92. The number of alkyl halides is 2. The van der Waals surface area contributed by atoms with Crippen LogP contribution in [-0.2, 0) is 6.80 Å². The van der Waals surface area contributed by atoms with Crippen LogP contribution in [0.2, 0.25) is 0 Å². The maximum atomic E-state index is 12.8. The Morgan fingerprint density at radius 1 is 1.47 bits per heavy atom. The monoisotopic (exact) mass is 242 g/mol. The van der Waals surface area contributed by atoms with Gasteiger partial charge in [0.2, 0.25) is 6.86 Å². The van der Waals surface area contributed by atoms with E-state index in [0.29, 0.717) is 5.52 Å². The lowest BCUT2D eigenvalue weighted by molar-refractivity contribution is 0.0697. The Labute approximate surface area is 94.2 Å². The first-order valence-corrected chi connectivity index (χ1v) is 4.65. The summed E-state index contributed by atoms with van der Waals surface area (Å²) < 4.78 is 30.3. The van der Waals surface area contributed by atoms with Gasteiger partial charge in [-0.25, -0.2) is 13.6 Å². The topological polar surface area (TPSA) is 64.3 Å². The third-order valence-corrected chi connectivity index (χ3v) is 2.26. The number of carboxylic acid groups (broad SMARTS) is 1. The summed E-state index contributed by atoms with van der Waals surface area (Å²) in [5, 5.41) is 8.80. The van der Waals surface area contributed by atoms with Gasteiger partial charge in [-0.15, -0.1) is 0 Å². The van der Waals surface area contributed by atoms with Gasteiger partial charge in [0.15, 0.2) is 6.80 Å². The molecule has 0 unspecified atom stereocenters. The highest BCUT2D eigenvalue weighted by atomic mass is 19.1. The highest BCUT2D eigenvalue weighted by Crippen LogP contribution is 2.23. The lowest BCUT2D eigenvalue weighted by Crippen LogP contribution is -2.01. The van der Waals surface area contributed by atoms with Crippen molar-refractivity contribution in [1.82, 2.24) is 9.55 Å². The molecule has 1 heterocycles. The summed E-state index contributed by atoms with van der Waals surface area (Å²) in [6.07, 6.45) is 0. The standard InChI is InChI=1S/C10H8F2N2O3/c11-4-14-8-3-6(9(15)16)1-2-7(8)13-10(14)17-5-12/h1-3H,4-5H2,(H,15,16). The van der Waals surface area contributed by atoms with Crippen molar-refractivity contribution < 1.29 is 23.4 Å². The Morgan fingerprint density at radius 3 is 2.82 bits per heavy atom. The van der Waals surface area contributed by atoms with Gasteiger partial charge < -0.3 is 9.84 Å². The molecule has 7 heteroatoms. The van der Waals surface area contributed by atoms with Crippen LogP contribution in [0.5, 0.6) is 6.01 Å². The van der Waals surface area contributed by atoms with E-state index in [1.807, 2.05) is 0 Å². The van der Waals surface area contributed by atoms with Gasteiger partial charge in [0.1, 0.15) is 0 Å². The van der Waals surface area contributed by atoms with Crippen LogP contribution in [0.25, 0.3) is 11.0 Å². The smallest absolute Gasteiger partial charge is 0.335 e. The molecule has 0 aliphatic heterocycles. The number of carbonyl (C=O) groups is 1. The van der Waals surface area contributed by atoms with E-state index in [9.17, 15) is 13.6 Å². The Morgan fingerprint density at radius 2 is 2.24 bits per heavy atom. The summed E-state index contributed by atoms with van der Waals surface area (Å²) in [6, 6.07) is 3.79. The molecule has 1 aromatic heterocycles. The van der Waals surface area contributed by atoms with Gasteiger partial charge in [0, 0.05) is 0 Å². The molecule has 90 valence electrons. The SMILES string of the molecule is O=C(O)c1ccc2nc(OCF)n(CF)c2c1. The van der Waals surface area contributed by atoms with Gasteiger partial charge >= 0.3 is 12.0 Å². The molecular weight excluding hydrogens is 234 g/mol. The van der Waals surface area contributed by atoms with Crippen LogP contribution in [-0.4, -0.2) is 27.5 Å². The number of hydrogen-bond donors (Lipinski definition) is 1. The zero-order valence-electron chi connectivity index (χ0n) is 8.56. The minimum atomic E-state index is -1.13. The van der Waals surface area contributed by atoms with Crippen molar-refractivity contribution in [2.24, 2.45) is 0 Å². The highest BCUT2D eigenvalue weighted by Gasteiger charge is 2.14. The molecule has 1 aromatic carbocycles. The quantitative estimate of drug-likeness (QED) is 0.890. The third-order valence-electron chi connectivity index (χ3n) is 2.26. The van der Waals surface area contributed by atoms with Crippen LogP contribution in [0.4, 0.5) is 8.78 Å². The molecule has 0 atom stereocenters. The maximum absolute atomic E-state index is 12.8. The van der Waals surface area contributed by atoms with Gasteiger partial charge in [-0.3, -0.25) is 4.57 Å². The minimum absolute atomic E-state index is 0.00102. The van der Waals surface area contributed by atoms with E-state index < -0.39 is 19.6 Å². The number of imidazole rings is 1. The van der Waals surface area contributed by atoms with E-state index in [1.165, 1.54) is 18.2 Å². The molecule has 0 saturated carbocycles. The van der Waals surface area contributed by atoms with Crippen LogP contribution in [0.1, 0.15) is 10.4 Å². The van der Waals surface area contributed by atoms with Crippen molar-refractivity contribution in [2.75, 3.05) is 6.86 Å². The van der Waals surface area contributed by atoms with Crippen LogP contribution in [0.15, 0.2) is 18.2 Å².